The topological polar surface area (TPSA) is 58.2 Å². The van der Waals surface area contributed by atoms with E-state index in [1.807, 2.05) is 0 Å². The molecule has 0 aromatic heterocycles. The molecule has 0 amide bonds. The fourth-order valence-electron chi connectivity index (χ4n) is 2.61. The minimum absolute atomic E-state index is 0.180. The molecule has 0 unspecified atom stereocenters. The monoisotopic (exact) mass is 290 g/mol. The van der Waals surface area contributed by atoms with Crippen molar-refractivity contribution in [3.8, 4) is 0 Å². The van der Waals surface area contributed by atoms with Gasteiger partial charge in [0, 0.05) is 6.04 Å². The summed E-state index contributed by atoms with van der Waals surface area (Å²) in [5.74, 6) is 0.273. The van der Waals surface area contributed by atoms with E-state index in [2.05, 4.69) is 17.0 Å². The van der Waals surface area contributed by atoms with E-state index in [1.165, 1.54) is 19.3 Å². The van der Waals surface area contributed by atoms with Crippen molar-refractivity contribution < 1.29 is 8.42 Å². The van der Waals surface area contributed by atoms with Crippen molar-refractivity contribution in [1.82, 2.24) is 10.0 Å². The molecule has 0 spiro atoms. The largest absolute Gasteiger partial charge is 0.317 e. The molecule has 1 aliphatic carbocycles. The molecule has 0 heterocycles. The average molecular weight is 290 g/mol. The Kier molecular flexibility index (Phi) is 8.66. The third-order valence-electron chi connectivity index (χ3n) is 3.72. The maximum atomic E-state index is 12.0. The second-order valence-corrected chi connectivity index (χ2v) is 7.41. The second kappa shape index (κ2) is 9.72. The van der Waals surface area contributed by atoms with Gasteiger partial charge in [0.1, 0.15) is 0 Å². The molecule has 0 radical (unpaired) electrons. The smallest absolute Gasteiger partial charge is 0.211 e. The number of rotatable bonds is 8. The summed E-state index contributed by atoms with van der Waals surface area (Å²) >= 11 is 0. The lowest BCUT2D eigenvalue weighted by molar-refractivity contribution is 0.426. The number of unbranched alkanes of at least 4 members (excludes halogenated alkanes) is 1. The molecular formula is C14H30N2O2S. The molecule has 1 rings (SSSR count). The third kappa shape index (κ3) is 8.60. The zero-order chi connectivity index (χ0) is 14.0. The van der Waals surface area contributed by atoms with Crippen molar-refractivity contribution >= 4 is 10.0 Å². The van der Waals surface area contributed by atoms with Crippen molar-refractivity contribution in [1.29, 1.82) is 0 Å². The molecule has 1 fully saturated rings. The quantitative estimate of drug-likeness (QED) is 0.675. The Labute approximate surface area is 118 Å². The molecule has 114 valence electrons. The molecule has 0 aromatic carbocycles. The van der Waals surface area contributed by atoms with E-state index < -0.39 is 10.0 Å². The maximum Gasteiger partial charge on any atom is 0.211 e. The fraction of sp³-hybridized carbons (Fsp3) is 1.00. The Balaban J connectivity index is 2.23. The molecule has 1 aliphatic rings. The standard InChI is InChI=1S/C14H30N2O2S/c1-2-15-12-8-9-13-19(17,18)16-14-10-6-4-3-5-7-11-14/h14-16H,2-13H2,1H3. The third-order valence-corrected chi connectivity index (χ3v) is 5.24. The number of hydrogen-bond acceptors (Lipinski definition) is 3. The lowest BCUT2D eigenvalue weighted by atomic mass is 9.97. The fourth-order valence-corrected chi connectivity index (χ4v) is 4.05. The van der Waals surface area contributed by atoms with Crippen LogP contribution in [0.1, 0.15) is 64.7 Å². The molecule has 0 atom stereocenters. The summed E-state index contributed by atoms with van der Waals surface area (Å²) in [5, 5.41) is 3.22. The van der Waals surface area contributed by atoms with Crippen LogP contribution in [0.4, 0.5) is 0 Å². The maximum absolute atomic E-state index is 12.0. The van der Waals surface area contributed by atoms with E-state index in [4.69, 9.17) is 0 Å². The van der Waals surface area contributed by atoms with Crippen LogP contribution in [0.2, 0.25) is 0 Å². The molecule has 0 aromatic rings. The lowest BCUT2D eigenvalue weighted by Crippen LogP contribution is -2.36. The predicted octanol–water partition coefficient (Wildman–Crippen LogP) is 2.41. The summed E-state index contributed by atoms with van der Waals surface area (Å²) in [4.78, 5) is 0. The molecule has 0 aliphatic heterocycles. The summed E-state index contributed by atoms with van der Waals surface area (Å²) in [5.41, 5.74) is 0. The molecule has 5 heteroatoms. The van der Waals surface area contributed by atoms with Crippen LogP contribution in [-0.2, 0) is 10.0 Å². The van der Waals surface area contributed by atoms with Gasteiger partial charge in [-0.05, 0) is 38.8 Å². The zero-order valence-electron chi connectivity index (χ0n) is 12.3. The Morgan fingerprint density at radius 2 is 1.63 bits per heavy atom. The summed E-state index contributed by atoms with van der Waals surface area (Å²) in [7, 11) is -3.07. The first-order chi connectivity index (χ1) is 9.14. The molecule has 0 bridgehead atoms. The Morgan fingerprint density at radius 1 is 1.00 bits per heavy atom. The van der Waals surface area contributed by atoms with Gasteiger partial charge >= 0.3 is 0 Å². The van der Waals surface area contributed by atoms with Gasteiger partial charge in [-0.25, -0.2) is 13.1 Å². The Morgan fingerprint density at radius 3 is 2.26 bits per heavy atom. The van der Waals surface area contributed by atoms with Gasteiger partial charge in [-0.3, -0.25) is 0 Å². The van der Waals surface area contributed by atoms with Crippen molar-refractivity contribution in [2.24, 2.45) is 0 Å². The summed E-state index contributed by atoms with van der Waals surface area (Å²) in [6, 6.07) is 0.180. The van der Waals surface area contributed by atoms with Gasteiger partial charge in [-0.2, -0.15) is 0 Å². The molecule has 2 N–H and O–H groups in total. The Hall–Kier alpha value is -0.130. The highest BCUT2D eigenvalue weighted by Gasteiger charge is 2.18. The van der Waals surface area contributed by atoms with Gasteiger partial charge in [-0.1, -0.05) is 39.0 Å². The van der Waals surface area contributed by atoms with Crippen LogP contribution in [0.3, 0.4) is 0 Å². The highest BCUT2D eigenvalue weighted by atomic mass is 32.2. The predicted molar refractivity (Wildman–Crippen MR) is 80.8 cm³/mol. The van der Waals surface area contributed by atoms with Gasteiger partial charge in [0.25, 0.3) is 0 Å². The highest BCUT2D eigenvalue weighted by Crippen LogP contribution is 2.17. The van der Waals surface area contributed by atoms with Gasteiger partial charge in [0.05, 0.1) is 5.75 Å². The van der Waals surface area contributed by atoms with Crippen molar-refractivity contribution in [2.45, 2.75) is 70.8 Å². The molecule has 1 saturated carbocycles. The van der Waals surface area contributed by atoms with Crippen LogP contribution < -0.4 is 10.0 Å². The summed E-state index contributed by atoms with van der Waals surface area (Å²) in [6.07, 6.45) is 9.83. The van der Waals surface area contributed by atoms with Crippen molar-refractivity contribution in [3.05, 3.63) is 0 Å². The minimum atomic E-state index is -3.07. The average Bonchev–Trinajstić information content (AvgIpc) is 2.32. The van der Waals surface area contributed by atoms with E-state index in [-0.39, 0.29) is 11.8 Å². The van der Waals surface area contributed by atoms with Crippen molar-refractivity contribution in [2.75, 3.05) is 18.8 Å². The molecule has 4 nitrogen and oxygen atoms in total. The summed E-state index contributed by atoms with van der Waals surface area (Å²) in [6.45, 7) is 3.93. The van der Waals surface area contributed by atoms with E-state index in [9.17, 15) is 8.42 Å². The van der Waals surface area contributed by atoms with E-state index in [0.717, 1.165) is 51.6 Å². The SMILES string of the molecule is CCNCCCCS(=O)(=O)NC1CCCCCCC1. The van der Waals surface area contributed by atoms with Crippen LogP contribution in [0, 0.1) is 0 Å². The first kappa shape index (κ1) is 16.9. The number of hydrogen-bond donors (Lipinski definition) is 2. The van der Waals surface area contributed by atoms with Gasteiger partial charge in [0.15, 0.2) is 0 Å². The highest BCUT2D eigenvalue weighted by molar-refractivity contribution is 7.89. The van der Waals surface area contributed by atoms with Crippen LogP contribution in [0.25, 0.3) is 0 Å². The van der Waals surface area contributed by atoms with E-state index >= 15 is 0 Å². The molecule has 0 saturated heterocycles. The minimum Gasteiger partial charge on any atom is -0.317 e. The first-order valence-corrected chi connectivity index (χ1v) is 9.50. The van der Waals surface area contributed by atoms with E-state index in [0.29, 0.717) is 0 Å². The van der Waals surface area contributed by atoms with Crippen LogP contribution in [0.15, 0.2) is 0 Å². The number of nitrogens with one attached hydrogen (secondary N) is 2. The normalized spacial score (nSPS) is 19.0. The van der Waals surface area contributed by atoms with Crippen molar-refractivity contribution in [3.63, 3.8) is 0 Å². The number of sulfonamides is 1. The van der Waals surface area contributed by atoms with Crippen LogP contribution in [-0.4, -0.2) is 33.3 Å². The van der Waals surface area contributed by atoms with E-state index in [1.54, 1.807) is 0 Å². The Bertz CT molecular complexity index is 309. The first-order valence-electron chi connectivity index (χ1n) is 7.85. The molecular weight excluding hydrogens is 260 g/mol. The van der Waals surface area contributed by atoms with Crippen LogP contribution in [0.5, 0.6) is 0 Å². The van der Waals surface area contributed by atoms with Gasteiger partial charge in [0.2, 0.25) is 10.0 Å². The molecule has 19 heavy (non-hydrogen) atoms. The van der Waals surface area contributed by atoms with Gasteiger partial charge < -0.3 is 5.32 Å². The lowest BCUT2D eigenvalue weighted by Gasteiger charge is -2.20. The van der Waals surface area contributed by atoms with Crippen LogP contribution >= 0.6 is 0 Å². The zero-order valence-corrected chi connectivity index (χ0v) is 13.1. The second-order valence-electron chi connectivity index (χ2n) is 5.54. The van der Waals surface area contributed by atoms with Gasteiger partial charge in [-0.15, -0.1) is 0 Å². The summed E-state index contributed by atoms with van der Waals surface area (Å²) < 4.78 is 26.9.